The van der Waals surface area contributed by atoms with E-state index in [9.17, 15) is 13.2 Å². The molecule has 1 rings (SSSR count). The third kappa shape index (κ3) is 4.79. The summed E-state index contributed by atoms with van der Waals surface area (Å²) in [6, 6.07) is 5.56. The van der Waals surface area contributed by atoms with Crippen LogP contribution in [0.5, 0.6) is 0 Å². The van der Waals surface area contributed by atoms with Crippen LogP contribution in [0.1, 0.15) is 27.7 Å². The Morgan fingerprint density at radius 2 is 1.68 bits per heavy atom. The van der Waals surface area contributed by atoms with E-state index in [1.165, 1.54) is 12.1 Å². The van der Waals surface area contributed by atoms with Gasteiger partial charge in [-0.15, -0.1) is 0 Å². The van der Waals surface area contributed by atoms with Gasteiger partial charge in [0.15, 0.2) is 0 Å². The molecule has 0 radical (unpaired) electrons. The van der Waals surface area contributed by atoms with Gasteiger partial charge in [-0.25, -0.2) is 8.42 Å². The maximum Gasteiger partial charge on any atom is 0.241 e. The molecule has 124 valence electrons. The Morgan fingerprint density at radius 3 is 2.09 bits per heavy atom. The van der Waals surface area contributed by atoms with Crippen LogP contribution in [0.15, 0.2) is 33.6 Å². The highest BCUT2D eigenvalue weighted by Gasteiger charge is 2.30. The molecule has 0 aliphatic heterocycles. The monoisotopic (exact) mass is 390 g/mol. The quantitative estimate of drug-likeness (QED) is 0.777. The first kappa shape index (κ1) is 19.1. The van der Waals surface area contributed by atoms with Crippen LogP contribution in [0.4, 0.5) is 0 Å². The van der Waals surface area contributed by atoms with Crippen molar-refractivity contribution in [2.45, 2.75) is 38.6 Å². The Labute approximate surface area is 141 Å². The number of sulfonamides is 1. The summed E-state index contributed by atoms with van der Waals surface area (Å²) in [7, 11) is -3.73. The summed E-state index contributed by atoms with van der Waals surface area (Å²) in [6.07, 6.45) is 0. The molecule has 0 spiro atoms. The van der Waals surface area contributed by atoms with Gasteiger partial charge in [0.2, 0.25) is 15.9 Å². The van der Waals surface area contributed by atoms with Crippen LogP contribution < -0.4 is 4.72 Å². The number of nitrogens with zero attached hydrogens (tertiary/aromatic N) is 1. The van der Waals surface area contributed by atoms with Crippen LogP contribution in [-0.2, 0) is 14.8 Å². The molecule has 1 atom stereocenters. The average Bonchev–Trinajstić information content (AvgIpc) is 2.46. The SMILES string of the molecule is CCN(CC)C(=O)C(NS(=O)(=O)c1ccc(Br)cc1)C(C)C. The van der Waals surface area contributed by atoms with E-state index in [2.05, 4.69) is 20.7 Å². The fourth-order valence-electron chi connectivity index (χ4n) is 2.05. The van der Waals surface area contributed by atoms with E-state index < -0.39 is 16.1 Å². The molecule has 0 aliphatic carbocycles. The van der Waals surface area contributed by atoms with Gasteiger partial charge in [-0.3, -0.25) is 4.79 Å². The first-order valence-corrected chi connectivity index (χ1v) is 9.57. The number of carbonyl (C=O) groups is 1. The molecule has 0 aromatic heterocycles. The second-order valence-electron chi connectivity index (χ2n) is 5.31. The van der Waals surface area contributed by atoms with Crippen LogP contribution >= 0.6 is 15.9 Å². The van der Waals surface area contributed by atoms with Crippen molar-refractivity contribution in [3.05, 3.63) is 28.7 Å². The Morgan fingerprint density at radius 1 is 1.18 bits per heavy atom. The number of amides is 1. The highest BCUT2D eigenvalue weighted by atomic mass is 79.9. The molecule has 0 bridgehead atoms. The molecule has 1 amide bonds. The molecule has 22 heavy (non-hydrogen) atoms. The number of rotatable bonds is 7. The van der Waals surface area contributed by atoms with Crippen LogP contribution in [-0.4, -0.2) is 38.4 Å². The van der Waals surface area contributed by atoms with E-state index >= 15 is 0 Å². The first-order chi connectivity index (χ1) is 10.2. The summed E-state index contributed by atoms with van der Waals surface area (Å²) in [6.45, 7) is 8.52. The summed E-state index contributed by atoms with van der Waals surface area (Å²) in [5, 5.41) is 0. The van der Waals surface area contributed by atoms with Crippen LogP contribution in [0.25, 0.3) is 0 Å². The molecule has 0 heterocycles. The third-order valence-electron chi connectivity index (χ3n) is 3.41. The zero-order chi connectivity index (χ0) is 16.9. The maximum absolute atomic E-state index is 12.5. The van der Waals surface area contributed by atoms with Crippen molar-refractivity contribution in [1.82, 2.24) is 9.62 Å². The van der Waals surface area contributed by atoms with Gasteiger partial charge in [-0.2, -0.15) is 4.72 Å². The summed E-state index contributed by atoms with van der Waals surface area (Å²) in [5.74, 6) is -0.334. The highest BCUT2D eigenvalue weighted by molar-refractivity contribution is 9.10. The Bertz CT molecular complexity index is 596. The lowest BCUT2D eigenvalue weighted by atomic mass is 10.0. The molecular weight excluding hydrogens is 368 g/mol. The third-order valence-corrected chi connectivity index (χ3v) is 5.40. The zero-order valence-electron chi connectivity index (χ0n) is 13.3. The van der Waals surface area contributed by atoms with Crippen LogP contribution in [0.2, 0.25) is 0 Å². The van der Waals surface area contributed by atoms with Gasteiger partial charge in [-0.05, 0) is 44.0 Å². The van der Waals surface area contributed by atoms with Crippen molar-refractivity contribution in [1.29, 1.82) is 0 Å². The van der Waals surface area contributed by atoms with Crippen molar-refractivity contribution < 1.29 is 13.2 Å². The minimum absolute atomic E-state index is 0.140. The minimum atomic E-state index is -3.73. The molecule has 1 unspecified atom stereocenters. The van der Waals surface area contributed by atoms with Gasteiger partial charge >= 0.3 is 0 Å². The van der Waals surface area contributed by atoms with Gasteiger partial charge in [0.25, 0.3) is 0 Å². The minimum Gasteiger partial charge on any atom is -0.342 e. The number of carbonyl (C=O) groups excluding carboxylic acids is 1. The molecule has 0 saturated heterocycles. The standard InChI is InChI=1S/C15H23BrN2O3S/c1-5-18(6-2)15(19)14(11(3)4)17-22(20,21)13-9-7-12(16)8-10-13/h7-11,14,17H,5-6H2,1-4H3. The van der Waals surface area contributed by atoms with Gasteiger partial charge in [0, 0.05) is 17.6 Å². The normalized spacial score (nSPS) is 13.2. The molecule has 0 fully saturated rings. The van der Waals surface area contributed by atoms with Crippen molar-refractivity contribution in [2.24, 2.45) is 5.92 Å². The number of likely N-dealkylation sites (N-methyl/N-ethyl adjacent to an activating group) is 1. The zero-order valence-corrected chi connectivity index (χ0v) is 15.7. The van der Waals surface area contributed by atoms with Crippen LogP contribution in [0.3, 0.4) is 0 Å². The van der Waals surface area contributed by atoms with Crippen LogP contribution in [0, 0.1) is 5.92 Å². The van der Waals surface area contributed by atoms with Gasteiger partial charge in [0.1, 0.15) is 6.04 Å². The molecule has 1 aromatic carbocycles. The lowest BCUT2D eigenvalue weighted by Crippen LogP contribution is -2.51. The van der Waals surface area contributed by atoms with E-state index in [-0.39, 0.29) is 16.7 Å². The number of hydrogen-bond donors (Lipinski definition) is 1. The molecule has 1 N–H and O–H groups in total. The second-order valence-corrected chi connectivity index (χ2v) is 7.94. The number of benzene rings is 1. The van der Waals surface area contributed by atoms with Gasteiger partial charge in [-0.1, -0.05) is 29.8 Å². The predicted molar refractivity (Wildman–Crippen MR) is 91.0 cm³/mol. The summed E-state index contributed by atoms with van der Waals surface area (Å²) in [5.41, 5.74) is 0. The fraction of sp³-hybridized carbons (Fsp3) is 0.533. The van der Waals surface area contributed by atoms with Crippen molar-refractivity contribution in [2.75, 3.05) is 13.1 Å². The Kier molecular flexibility index (Phi) is 7.02. The van der Waals surface area contributed by atoms with E-state index in [1.54, 1.807) is 17.0 Å². The van der Waals surface area contributed by atoms with E-state index in [1.807, 2.05) is 27.7 Å². The summed E-state index contributed by atoms with van der Waals surface area (Å²) >= 11 is 3.27. The maximum atomic E-state index is 12.5. The highest BCUT2D eigenvalue weighted by Crippen LogP contribution is 2.16. The topological polar surface area (TPSA) is 66.5 Å². The molecule has 0 aliphatic rings. The molecule has 1 aromatic rings. The summed E-state index contributed by atoms with van der Waals surface area (Å²) < 4.78 is 28.3. The average molecular weight is 391 g/mol. The lowest BCUT2D eigenvalue weighted by Gasteiger charge is -2.28. The van der Waals surface area contributed by atoms with E-state index in [0.717, 1.165) is 4.47 Å². The molecule has 5 nitrogen and oxygen atoms in total. The Balaban J connectivity index is 3.04. The van der Waals surface area contributed by atoms with E-state index in [0.29, 0.717) is 13.1 Å². The van der Waals surface area contributed by atoms with Gasteiger partial charge < -0.3 is 4.90 Å². The molecular formula is C15H23BrN2O3S. The fourth-order valence-corrected chi connectivity index (χ4v) is 3.65. The summed E-state index contributed by atoms with van der Waals surface area (Å²) in [4.78, 5) is 14.3. The smallest absolute Gasteiger partial charge is 0.241 e. The van der Waals surface area contributed by atoms with Crippen molar-refractivity contribution in [3.63, 3.8) is 0 Å². The predicted octanol–water partition coefficient (Wildman–Crippen LogP) is 2.62. The first-order valence-electron chi connectivity index (χ1n) is 7.29. The second kappa shape index (κ2) is 8.08. The Hall–Kier alpha value is -0.920. The van der Waals surface area contributed by atoms with Crippen molar-refractivity contribution >= 4 is 31.9 Å². The number of nitrogens with one attached hydrogen (secondary N) is 1. The van der Waals surface area contributed by atoms with E-state index in [4.69, 9.17) is 0 Å². The lowest BCUT2D eigenvalue weighted by molar-refractivity contribution is -0.133. The number of halogens is 1. The van der Waals surface area contributed by atoms with Gasteiger partial charge in [0.05, 0.1) is 4.90 Å². The van der Waals surface area contributed by atoms with Crippen molar-refractivity contribution in [3.8, 4) is 0 Å². The largest absolute Gasteiger partial charge is 0.342 e. The number of hydrogen-bond acceptors (Lipinski definition) is 3. The molecule has 0 saturated carbocycles. The molecule has 7 heteroatoms.